The van der Waals surface area contributed by atoms with Crippen LogP contribution in [0.1, 0.15) is 39.0 Å². The van der Waals surface area contributed by atoms with Gasteiger partial charge in [-0.2, -0.15) is 0 Å². The Morgan fingerprint density at radius 1 is 0.679 bits per heavy atom. The Morgan fingerprint density at radius 3 is 1.54 bits per heavy atom. The van der Waals surface area contributed by atoms with Crippen LogP contribution in [0.25, 0.3) is 0 Å². The number of carbonyl (C=O) groups excluding carboxylic acids is 1. The van der Waals surface area contributed by atoms with Crippen LogP contribution in [0.5, 0.6) is 0 Å². The number of carboxylic acids is 1. The number of ether oxygens (including phenoxy) is 5. The molecule has 0 aliphatic heterocycles. The number of aliphatic carboxylic acids is 1. The Bertz CT molecular complexity index is 368. The standard InChI is InChI=1S/C19H37NO8/c1-2-3-8-24-10-12-26-14-16-28-17-15-27-13-11-25-9-4-7-20-18(21)5-6-19(22)23/h2-17H2,1H3,(H,20,21)(H,22,23). The highest BCUT2D eigenvalue weighted by molar-refractivity contribution is 5.80. The second-order valence-electron chi connectivity index (χ2n) is 6.01. The molecule has 0 aliphatic carbocycles. The van der Waals surface area contributed by atoms with Crippen LogP contribution in [-0.4, -0.2) is 89.6 Å². The minimum atomic E-state index is -0.972. The summed E-state index contributed by atoms with van der Waals surface area (Å²) in [7, 11) is 0. The molecule has 166 valence electrons. The van der Waals surface area contributed by atoms with Crippen molar-refractivity contribution in [2.75, 3.05) is 72.6 Å². The topological polar surface area (TPSA) is 113 Å². The first-order valence-electron chi connectivity index (χ1n) is 10.0. The molecule has 1 amide bonds. The fourth-order valence-corrected chi connectivity index (χ4v) is 1.94. The number of carbonyl (C=O) groups is 2. The molecule has 0 bridgehead atoms. The third kappa shape index (κ3) is 22.8. The Balaban J connectivity index is 3.08. The van der Waals surface area contributed by atoms with E-state index in [0.29, 0.717) is 72.4 Å². The van der Waals surface area contributed by atoms with E-state index in [-0.39, 0.29) is 18.7 Å². The molecule has 0 heterocycles. The second kappa shape index (κ2) is 22.0. The van der Waals surface area contributed by atoms with Crippen LogP contribution in [0, 0.1) is 0 Å². The van der Waals surface area contributed by atoms with Crippen molar-refractivity contribution in [3.05, 3.63) is 0 Å². The van der Waals surface area contributed by atoms with Crippen molar-refractivity contribution in [2.24, 2.45) is 0 Å². The zero-order valence-corrected chi connectivity index (χ0v) is 17.1. The number of hydrogen-bond donors (Lipinski definition) is 2. The van der Waals surface area contributed by atoms with E-state index in [9.17, 15) is 9.59 Å². The molecule has 0 atom stereocenters. The second-order valence-corrected chi connectivity index (χ2v) is 6.01. The maximum atomic E-state index is 11.3. The Hall–Kier alpha value is -1.26. The van der Waals surface area contributed by atoms with E-state index in [4.69, 9.17) is 28.8 Å². The monoisotopic (exact) mass is 407 g/mol. The van der Waals surface area contributed by atoms with Gasteiger partial charge in [0.2, 0.25) is 5.91 Å². The molecule has 28 heavy (non-hydrogen) atoms. The minimum absolute atomic E-state index is 0.00564. The fourth-order valence-electron chi connectivity index (χ4n) is 1.94. The summed E-state index contributed by atoms with van der Waals surface area (Å²) in [6.07, 6.45) is 2.75. The van der Waals surface area contributed by atoms with Crippen LogP contribution in [0.15, 0.2) is 0 Å². The molecule has 0 aromatic carbocycles. The van der Waals surface area contributed by atoms with Crippen molar-refractivity contribution in [3.8, 4) is 0 Å². The summed E-state index contributed by atoms with van der Waals surface area (Å²) in [4.78, 5) is 21.6. The van der Waals surface area contributed by atoms with Crippen molar-refractivity contribution in [1.82, 2.24) is 5.32 Å². The van der Waals surface area contributed by atoms with E-state index in [1.54, 1.807) is 0 Å². The van der Waals surface area contributed by atoms with Crippen LogP contribution in [0.4, 0.5) is 0 Å². The van der Waals surface area contributed by atoms with Gasteiger partial charge < -0.3 is 34.1 Å². The first-order valence-corrected chi connectivity index (χ1v) is 10.0. The van der Waals surface area contributed by atoms with Crippen molar-refractivity contribution >= 4 is 11.9 Å². The van der Waals surface area contributed by atoms with Gasteiger partial charge in [-0.1, -0.05) is 13.3 Å². The number of carboxylic acid groups (broad SMARTS) is 1. The highest BCUT2D eigenvalue weighted by atomic mass is 16.6. The molecule has 0 saturated heterocycles. The molecule has 0 aliphatic rings. The zero-order chi connectivity index (χ0) is 20.7. The van der Waals surface area contributed by atoms with Crippen LogP contribution in [-0.2, 0) is 33.3 Å². The molecule has 0 fully saturated rings. The summed E-state index contributed by atoms with van der Waals surface area (Å²) in [5, 5.41) is 11.1. The molecule has 9 nitrogen and oxygen atoms in total. The predicted molar refractivity (Wildman–Crippen MR) is 103 cm³/mol. The summed E-state index contributed by atoms with van der Waals surface area (Å²) in [5.41, 5.74) is 0. The van der Waals surface area contributed by atoms with E-state index in [1.165, 1.54) is 0 Å². The fraction of sp³-hybridized carbons (Fsp3) is 0.895. The average Bonchev–Trinajstić information content (AvgIpc) is 2.68. The van der Waals surface area contributed by atoms with E-state index >= 15 is 0 Å². The lowest BCUT2D eigenvalue weighted by Crippen LogP contribution is -2.25. The van der Waals surface area contributed by atoms with E-state index in [0.717, 1.165) is 19.4 Å². The third-order valence-corrected chi connectivity index (χ3v) is 3.48. The lowest BCUT2D eigenvalue weighted by Gasteiger charge is -2.08. The maximum absolute atomic E-state index is 11.3. The quantitative estimate of drug-likeness (QED) is 0.258. The van der Waals surface area contributed by atoms with Crippen LogP contribution in [0.2, 0.25) is 0 Å². The molecule has 0 unspecified atom stereocenters. The molecule has 0 spiro atoms. The Kier molecular flexibility index (Phi) is 21.0. The Morgan fingerprint density at radius 2 is 1.11 bits per heavy atom. The van der Waals surface area contributed by atoms with Crippen molar-refractivity contribution in [2.45, 2.75) is 39.0 Å². The van der Waals surface area contributed by atoms with Gasteiger partial charge in [0.15, 0.2) is 0 Å². The number of unbranched alkanes of at least 4 members (excludes halogenated alkanes) is 1. The van der Waals surface area contributed by atoms with E-state index in [2.05, 4.69) is 12.2 Å². The SMILES string of the molecule is CCCCOCCOCCOCCOCCOCCCNC(=O)CCC(=O)O. The smallest absolute Gasteiger partial charge is 0.303 e. The van der Waals surface area contributed by atoms with Gasteiger partial charge in [-0.25, -0.2) is 0 Å². The average molecular weight is 408 g/mol. The normalized spacial score (nSPS) is 10.9. The van der Waals surface area contributed by atoms with Gasteiger partial charge in [0, 0.05) is 26.2 Å². The number of amides is 1. The molecule has 0 radical (unpaired) electrons. The molecule has 0 rings (SSSR count). The molecule has 0 aromatic rings. The summed E-state index contributed by atoms with van der Waals surface area (Å²) < 4.78 is 26.9. The lowest BCUT2D eigenvalue weighted by atomic mass is 10.3. The highest BCUT2D eigenvalue weighted by Gasteiger charge is 2.04. The minimum Gasteiger partial charge on any atom is -0.481 e. The van der Waals surface area contributed by atoms with Gasteiger partial charge in [-0.15, -0.1) is 0 Å². The Labute approximate surface area is 168 Å². The number of nitrogens with one attached hydrogen (secondary N) is 1. The first kappa shape index (κ1) is 26.7. The highest BCUT2D eigenvalue weighted by Crippen LogP contribution is 1.90. The van der Waals surface area contributed by atoms with Crippen LogP contribution in [0.3, 0.4) is 0 Å². The van der Waals surface area contributed by atoms with Gasteiger partial charge in [0.25, 0.3) is 0 Å². The van der Waals surface area contributed by atoms with Gasteiger partial charge >= 0.3 is 5.97 Å². The molecule has 0 saturated carbocycles. The third-order valence-electron chi connectivity index (χ3n) is 3.48. The molecule has 9 heteroatoms. The molecular weight excluding hydrogens is 370 g/mol. The molecular formula is C19H37NO8. The van der Waals surface area contributed by atoms with Crippen molar-refractivity contribution in [1.29, 1.82) is 0 Å². The van der Waals surface area contributed by atoms with Crippen molar-refractivity contribution in [3.63, 3.8) is 0 Å². The van der Waals surface area contributed by atoms with E-state index in [1.807, 2.05) is 0 Å². The number of rotatable bonds is 22. The van der Waals surface area contributed by atoms with Gasteiger partial charge in [0.1, 0.15) is 0 Å². The summed E-state index contributed by atoms with van der Waals surface area (Å²) in [6.45, 7) is 8.19. The summed E-state index contributed by atoms with van der Waals surface area (Å²) in [5.74, 6) is -1.23. The lowest BCUT2D eigenvalue weighted by molar-refractivity contribution is -0.138. The van der Waals surface area contributed by atoms with E-state index < -0.39 is 5.97 Å². The van der Waals surface area contributed by atoms with Crippen LogP contribution >= 0.6 is 0 Å². The molecule has 2 N–H and O–H groups in total. The first-order chi connectivity index (χ1) is 13.7. The number of hydrogen-bond acceptors (Lipinski definition) is 7. The van der Waals surface area contributed by atoms with Gasteiger partial charge in [-0.05, 0) is 12.8 Å². The maximum Gasteiger partial charge on any atom is 0.303 e. The molecule has 0 aromatic heterocycles. The van der Waals surface area contributed by atoms with Crippen LogP contribution < -0.4 is 5.32 Å². The predicted octanol–water partition coefficient (Wildman–Crippen LogP) is 1.24. The van der Waals surface area contributed by atoms with Gasteiger partial charge in [-0.3, -0.25) is 9.59 Å². The summed E-state index contributed by atoms with van der Waals surface area (Å²) in [6, 6.07) is 0. The largest absolute Gasteiger partial charge is 0.481 e. The van der Waals surface area contributed by atoms with Crippen molar-refractivity contribution < 1.29 is 38.4 Å². The van der Waals surface area contributed by atoms with Gasteiger partial charge in [0.05, 0.1) is 59.3 Å². The zero-order valence-electron chi connectivity index (χ0n) is 17.1. The summed E-state index contributed by atoms with van der Waals surface area (Å²) >= 11 is 0.